The molecule has 3 rings (SSSR count). The van der Waals surface area contributed by atoms with Gasteiger partial charge in [0.1, 0.15) is 24.2 Å². The maximum Gasteiger partial charge on any atom is 0.148 e. The van der Waals surface area contributed by atoms with E-state index in [9.17, 15) is 5.11 Å². The van der Waals surface area contributed by atoms with Gasteiger partial charge in [0, 0.05) is 18.7 Å². The smallest absolute Gasteiger partial charge is 0.148 e. The van der Waals surface area contributed by atoms with Gasteiger partial charge in [0.15, 0.2) is 0 Å². The molecule has 1 aromatic carbocycles. The van der Waals surface area contributed by atoms with Crippen LogP contribution < -0.4 is 5.32 Å². The summed E-state index contributed by atoms with van der Waals surface area (Å²) in [6.45, 7) is 0. The monoisotopic (exact) mass is 268 g/mol. The molecule has 2 aromatic heterocycles. The number of anilines is 1. The molecule has 7 nitrogen and oxygen atoms in total. The SMILES string of the molecule is CNc1ccc(-c2ccc(-n3cncn3)cc2O)nn1. The van der Waals surface area contributed by atoms with Crippen molar-refractivity contribution in [1.82, 2.24) is 25.0 Å². The second-order valence-electron chi connectivity index (χ2n) is 4.10. The van der Waals surface area contributed by atoms with Gasteiger partial charge in [-0.05, 0) is 24.3 Å². The summed E-state index contributed by atoms with van der Waals surface area (Å²) in [6, 6.07) is 8.81. The van der Waals surface area contributed by atoms with Crippen LogP contribution >= 0.6 is 0 Å². The molecule has 0 amide bonds. The highest BCUT2D eigenvalue weighted by atomic mass is 16.3. The quantitative estimate of drug-likeness (QED) is 0.747. The molecule has 100 valence electrons. The van der Waals surface area contributed by atoms with Crippen LogP contribution in [0.2, 0.25) is 0 Å². The number of nitrogens with zero attached hydrogens (tertiary/aromatic N) is 5. The van der Waals surface area contributed by atoms with E-state index in [0.717, 1.165) is 5.69 Å². The summed E-state index contributed by atoms with van der Waals surface area (Å²) in [6.07, 6.45) is 3.00. The summed E-state index contributed by atoms with van der Waals surface area (Å²) in [5.74, 6) is 0.789. The first-order valence-electron chi connectivity index (χ1n) is 5.98. The molecule has 0 saturated carbocycles. The van der Waals surface area contributed by atoms with Crippen molar-refractivity contribution in [2.75, 3.05) is 12.4 Å². The van der Waals surface area contributed by atoms with Crippen LogP contribution in [0.25, 0.3) is 16.9 Å². The fraction of sp³-hybridized carbons (Fsp3) is 0.0769. The van der Waals surface area contributed by atoms with E-state index in [1.165, 1.54) is 6.33 Å². The first kappa shape index (κ1) is 12.1. The Hall–Kier alpha value is -2.96. The molecule has 0 saturated heterocycles. The number of phenols is 1. The fourth-order valence-electron chi connectivity index (χ4n) is 1.83. The van der Waals surface area contributed by atoms with Gasteiger partial charge in [-0.1, -0.05) is 0 Å². The first-order valence-corrected chi connectivity index (χ1v) is 5.98. The highest BCUT2D eigenvalue weighted by Gasteiger charge is 2.08. The van der Waals surface area contributed by atoms with Crippen molar-refractivity contribution < 1.29 is 5.11 Å². The summed E-state index contributed by atoms with van der Waals surface area (Å²) in [5.41, 5.74) is 1.94. The lowest BCUT2D eigenvalue weighted by molar-refractivity contribution is 0.476. The molecule has 0 radical (unpaired) electrons. The number of phenolic OH excluding ortho intramolecular Hbond substituents is 1. The summed E-state index contributed by atoms with van der Waals surface area (Å²) >= 11 is 0. The molecule has 20 heavy (non-hydrogen) atoms. The first-order chi connectivity index (χ1) is 9.78. The minimum atomic E-state index is 0.115. The molecular formula is C13H12N6O. The molecular weight excluding hydrogens is 256 g/mol. The number of benzene rings is 1. The van der Waals surface area contributed by atoms with Gasteiger partial charge in [-0.2, -0.15) is 5.10 Å². The number of hydrogen-bond donors (Lipinski definition) is 2. The number of aromatic nitrogens is 5. The van der Waals surface area contributed by atoms with E-state index < -0.39 is 0 Å². The zero-order valence-electron chi connectivity index (χ0n) is 10.7. The maximum atomic E-state index is 10.1. The zero-order chi connectivity index (χ0) is 13.9. The van der Waals surface area contributed by atoms with Gasteiger partial charge in [-0.25, -0.2) is 9.67 Å². The molecule has 7 heteroatoms. The lowest BCUT2D eigenvalue weighted by Crippen LogP contribution is -1.97. The molecule has 0 unspecified atom stereocenters. The molecule has 0 aliphatic carbocycles. The van der Waals surface area contributed by atoms with Crippen LogP contribution in [0.15, 0.2) is 43.0 Å². The molecule has 0 aliphatic rings. The van der Waals surface area contributed by atoms with Crippen LogP contribution in [0.4, 0.5) is 5.82 Å². The highest BCUT2D eigenvalue weighted by molar-refractivity contribution is 5.68. The summed E-state index contributed by atoms with van der Waals surface area (Å²) < 4.78 is 1.57. The van der Waals surface area contributed by atoms with Crippen molar-refractivity contribution in [2.45, 2.75) is 0 Å². The van der Waals surface area contributed by atoms with E-state index in [1.807, 2.05) is 6.07 Å². The van der Waals surface area contributed by atoms with Gasteiger partial charge in [0.2, 0.25) is 0 Å². The van der Waals surface area contributed by atoms with Gasteiger partial charge in [0.25, 0.3) is 0 Å². The molecule has 0 spiro atoms. The fourth-order valence-corrected chi connectivity index (χ4v) is 1.83. The second kappa shape index (κ2) is 4.96. The van der Waals surface area contributed by atoms with Crippen LogP contribution in [-0.2, 0) is 0 Å². The van der Waals surface area contributed by atoms with Gasteiger partial charge >= 0.3 is 0 Å². The highest BCUT2D eigenvalue weighted by Crippen LogP contribution is 2.29. The lowest BCUT2D eigenvalue weighted by Gasteiger charge is -2.07. The molecule has 0 bridgehead atoms. The topological polar surface area (TPSA) is 88.8 Å². The van der Waals surface area contributed by atoms with E-state index in [1.54, 1.807) is 42.3 Å². The van der Waals surface area contributed by atoms with E-state index in [0.29, 0.717) is 17.1 Å². The Bertz CT molecular complexity index is 708. The molecule has 0 fully saturated rings. The average molecular weight is 268 g/mol. The van der Waals surface area contributed by atoms with E-state index in [4.69, 9.17) is 0 Å². The van der Waals surface area contributed by atoms with Crippen molar-refractivity contribution in [3.05, 3.63) is 43.0 Å². The Kier molecular flexibility index (Phi) is 3.00. The third-order valence-electron chi connectivity index (χ3n) is 2.86. The molecule has 0 aliphatic heterocycles. The van der Waals surface area contributed by atoms with Crippen molar-refractivity contribution in [2.24, 2.45) is 0 Å². The van der Waals surface area contributed by atoms with E-state index >= 15 is 0 Å². The minimum absolute atomic E-state index is 0.115. The largest absolute Gasteiger partial charge is 0.507 e. The Balaban J connectivity index is 1.98. The predicted molar refractivity (Wildman–Crippen MR) is 73.6 cm³/mol. The molecule has 3 aromatic rings. The summed E-state index contributed by atoms with van der Waals surface area (Å²) in [5, 5.41) is 25.1. The maximum absolute atomic E-state index is 10.1. The van der Waals surface area contributed by atoms with E-state index in [-0.39, 0.29) is 5.75 Å². The molecule has 2 heterocycles. The van der Waals surface area contributed by atoms with Crippen LogP contribution in [0, 0.1) is 0 Å². The Morgan fingerprint density at radius 2 is 2.05 bits per heavy atom. The predicted octanol–water partition coefficient (Wildman–Crippen LogP) is 1.47. The Morgan fingerprint density at radius 3 is 2.65 bits per heavy atom. The Labute approximate surface area is 114 Å². The Morgan fingerprint density at radius 1 is 1.15 bits per heavy atom. The zero-order valence-corrected chi connectivity index (χ0v) is 10.7. The lowest BCUT2D eigenvalue weighted by atomic mass is 10.1. The number of rotatable bonds is 3. The number of aromatic hydroxyl groups is 1. The minimum Gasteiger partial charge on any atom is -0.507 e. The van der Waals surface area contributed by atoms with Crippen molar-refractivity contribution >= 4 is 5.82 Å². The van der Waals surface area contributed by atoms with Gasteiger partial charge in [-0.15, -0.1) is 10.2 Å². The van der Waals surface area contributed by atoms with Crippen LogP contribution in [0.1, 0.15) is 0 Å². The number of hydrogen-bond acceptors (Lipinski definition) is 6. The molecule has 2 N–H and O–H groups in total. The van der Waals surface area contributed by atoms with Gasteiger partial charge in [-0.3, -0.25) is 0 Å². The normalized spacial score (nSPS) is 10.4. The second-order valence-corrected chi connectivity index (χ2v) is 4.10. The van der Waals surface area contributed by atoms with Crippen molar-refractivity contribution in [1.29, 1.82) is 0 Å². The van der Waals surface area contributed by atoms with Crippen molar-refractivity contribution in [3.63, 3.8) is 0 Å². The number of nitrogens with one attached hydrogen (secondary N) is 1. The third kappa shape index (κ3) is 2.16. The third-order valence-corrected chi connectivity index (χ3v) is 2.86. The summed E-state index contributed by atoms with van der Waals surface area (Å²) in [7, 11) is 1.77. The van der Waals surface area contributed by atoms with Gasteiger partial charge < -0.3 is 10.4 Å². The summed E-state index contributed by atoms with van der Waals surface area (Å²) in [4.78, 5) is 3.87. The van der Waals surface area contributed by atoms with Crippen LogP contribution in [0.3, 0.4) is 0 Å². The van der Waals surface area contributed by atoms with Gasteiger partial charge in [0.05, 0.1) is 11.4 Å². The average Bonchev–Trinajstić information content (AvgIpc) is 3.01. The van der Waals surface area contributed by atoms with E-state index in [2.05, 4.69) is 25.6 Å². The standard InChI is InChI=1S/C13H12N6O/c1-14-13-5-4-11(17-18-13)10-3-2-9(6-12(10)20)19-8-15-7-16-19/h2-8,20H,1H3,(H,14,18). The van der Waals surface area contributed by atoms with Crippen LogP contribution in [0.5, 0.6) is 5.75 Å². The van der Waals surface area contributed by atoms with Crippen LogP contribution in [-0.4, -0.2) is 37.1 Å². The molecule has 0 atom stereocenters. The van der Waals surface area contributed by atoms with Crippen molar-refractivity contribution in [3.8, 4) is 22.7 Å².